The Labute approximate surface area is 142 Å². The molecule has 2 aromatic carbocycles. The van der Waals surface area contributed by atoms with E-state index in [1.807, 2.05) is 20.2 Å². The summed E-state index contributed by atoms with van der Waals surface area (Å²) in [4.78, 5) is 15.7. The van der Waals surface area contributed by atoms with E-state index in [0.717, 1.165) is 16.7 Å². The molecule has 0 aliphatic carbocycles. The van der Waals surface area contributed by atoms with Crippen molar-refractivity contribution in [3.05, 3.63) is 59.2 Å². The number of carbonyl (C=O) groups excluding carboxylic acids is 1. The summed E-state index contributed by atoms with van der Waals surface area (Å²) in [7, 11) is 3.62. The molecule has 0 spiro atoms. The van der Waals surface area contributed by atoms with Crippen LogP contribution >= 0.6 is 0 Å². The summed E-state index contributed by atoms with van der Waals surface area (Å²) in [6.45, 7) is 0. The maximum Gasteiger partial charge on any atom is 0.417 e. The zero-order valence-electron chi connectivity index (χ0n) is 13.5. The number of halogens is 3. The lowest BCUT2D eigenvalue weighted by Crippen LogP contribution is -2.28. The predicted molar refractivity (Wildman–Crippen MR) is 87.4 cm³/mol. The zero-order valence-corrected chi connectivity index (χ0v) is 13.5. The van der Waals surface area contributed by atoms with Gasteiger partial charge in [0.2, 0.25) is 0 Å². The molecule has 1 atom stereocenters. The highest BCUT2D eigenvalue weighted by atomic mass is 19.4. The SMILES string of the molecule is CN(C)c1cccc(N2C(=O)c3c(cccc3C(F)(F)F)C2C#N)c1. The van der Waals surface area contributed by atoms with Crippen molar-refractivity contribution >= 4 is 17.3 Å². The summed E-state index contributed by atoms with van der Waals surface area (Å²) in [5, 5.41) is 9.50. The van der Waals surface area contributed by atoms with E-state index in [1.54, 1.807) is 29.2 Å². The number of carbonyl (C=O) groups is 1. The second kappa shape index (κ2) is 5.81. The summed E-state index contributed by atoms with van der Waals surface area (Å²) in [5.41, 5.74) is -0.225. The molecule has 1 aliphatic rings. The highest BCUT2D eigenvalue weighted by Crippen LogP contribution is 2.43. The van der Waals surface area contributed by atoms with Crippen LogP contribution in [0.25, 0.3) is 0 Å². The van der Waals surface area contributed by atoms with Crippen molar-refractivity contribution in [3.63, 3.8) is 0 Å². The molecule has 0 saturated carbocycles. The fraction of sp³-hybridized carbons (Fsp3) is 0.222. The molecule has 3 rings (SSSR count). The molecule has 0 aromatic heterocycles. The van der Waals surface area contributed by atoms with Gasteiger partial charge in [-0.15, -0.1) is 0 Å². The van der Waals surface area contributed by atoms with Crippen LogP contribution < -0.4 is 9.80 Å². The van der Waals surface area contributed by atoms with Crippen molar-refractivity contribution in [2.24, 2.45) is 0 Å². The third kappa shape index (κ3) is 2.70. The number of alkyl halides is 3. The summed E-state index contributed by atoms with van der Waals surface area (Å²) < 4.78 is 39.9. The molecular weight excluding hydrogens is 331 g/mol. The Morgan fingerprint density at radius 3 is 2.44 bits per heavy atom. The minimum absolute atomic E-state index is 0.0811. The first kappa shape index (κ1) is 16.8. The second-order valence-corrected chi connectivity index (χ2v) is 5.89. The van der Waals surface area contributed by atoms with Gasteiger partial charge in [-0.1, -0.05) is 18.2 Å². The number of hydrogen-bond donors (Lipinski definition) is 0. The van der Waals surface area contributed by atoms with Crippen LogP contribution in [0.5, 0.6) is 0 Å². The minimum Gasteiger partial charge on any atom is -0.378 e. The fourth-order valence-electron chi connectivity index (χ4n) is 2.96. The van der Waals surface area contributed by atoms with E-state index in [2.05, 4.69) is 0 Å². The Kier molecular flexibility index (Phi) is 3.91. The third-order valence-corrected chi connectivity index (χ3v) is 4.13. The van der Waals surface area contributed by atoms with E-state index < -0.39 is 29.3 Å². The normalized spacial score (nSPS) is 16.6. The summed E-state index contributed by atoms with van der Waals surface area (Å²) in [6, 6.07) is 11.1. The topological polar surface area (TPSA) is 47.3 Å². The molecule has 7 heteroatoms. The number of anilines is 2. The first-order valence-corrected chi connectivity index (χ1v) is 7.46. The molecule has 0 bridgehead atoms. The van der Waals surface area contributed by atoms with E-state index in [4.69, 9.17) is 0 Å². The van der Waals surface area contributed by atoms with Gasteiger partial charge in [0.1, 0.15) is 0 Å². The van der Waals surface area contributed by atoms with E-state index in [9.17, 15) is 23.2 Å². The maximum atomic E-state index is 13.3. The molecule has 1 unspecified atom stereocenters. The fourth-order valence-corrected chi connectivity index (χ4v) is 2.96. The first-order valence-electron chi connectivity index (χ1n) is 7.46. The van der Waals surface area contributed by atoms with Crippen LogP contribution in [0.2, 0.25) is 0 Å². The lowest BCUT2D eigenvalue weighted by molar-refractivity contribution is -0.137. The number of rotatable bonds is 2. The Morgan fingerprint density at radius 2 is 1.84 bits per heavy atom. The van der Waals surface area contributed by atoms with E-state index >= 15 is 0 Å². The van der Waals surface area contributed by atoms with Crippen molar-refractivity contribution < 1.29 is 18.0 Å². The highest BCUT2D eigenvalue weighted by molar-refractivity contribution is 6.12. The average molecular weight is 345 g/mol. The summed E-state index contributed by atoms with van der Waals surface area (Å²) >= 11 is 0. The van der Waals surface area contributed by atoms with Crippen molar-refractivity contribution in [3.8, 4) is 6.07 Å². The Hall–Kier alpha value is -3.01. The lowest BCUT2D eigenvalue weighted by Gasteiger charge is -2.22. The number of benzene rings is 2. The van der Waals surface area contributed by atoms with Gasteiger partial charge in [-0.05, 0) is 24.3 Å². The molecule has 1 heterocycles. The van der Waals surface area contributed by atoms with Gasteiger partial charge >= 0.3 is 6.18 Å². The van der Waals surface area contributed by atoms with Crippen LogP contribution in [0.3, 0.4) is 0 Å². The van der Waals surface area contributed by atoms with Crippen LogP contribution in [-0.2, 0) is 6.18 Å². The number of nitrogens with zero attached hydrogens (tertiary/aromatic N) is 3. The van der Waals surface area contributed by atoms with Crippen LogP contribution in [0.4, 0.5) is 24.5 Å². The Balaban J connectivity index is 2.17. The van der Waals surface area contributed by atoms with Gasteiger partial charge in [-0.2, -0.15) is 18.4 Å². The molecule has 128 valence electrons. The molecule has 2 aromatic rings. The van der Waals surface area contributed by atoms with Crippen molar-refractivity contribution in [1.82, 2.24) is 0 Å². The lowest BCUT2D eigenvalue weighted by atomic mass is 10.00. The van der Waals surface area contributed by atoms with Crippen molar-refractivity contribution in [2.75, 3.05) is 23.9 Å². The third-order valence-electron chi connectivity index (χ3n) is 4.13. The number of nitriles is 1. The Bertz CT molecular complexity index is 884. The highest BCUT2D eigenvalue weighted by Gasteiger charge is 2.45. The molecule has 0 N–H and O–H groups in total. The minimum atomic E-state index is -4.66. The van der Waals surface area contributed by atoms with E-state index in [0.29, 0.717) is 5.69 Å². The molecular formula is C18H14F3N3O. The molecule has 1 amide bonds. The molecule has 1 aliphatic heterocycles. The number of fused-ring (bicyclic) bond motifs is 1. The van der Waals surface area contributed by atoms with E-state index in [-0.39, 0.29) is 5.56 Å². The van der Waals surface area contributed by atoms with Gasteiger partial charge in [0.15, 0.2) is 6.04 Å². The Morgan fingerprint density at radius 1 is 1.16 bits per heavy atom. The molecule has 4 nitrogen and oxygen atoms in total. The monoisotopic (exact) mass is 345 g/mol. The molecule has 0 fully saturated rings. The maximum absolute atomic E-state index is 13.3. The largest absolute Gasteiger partial charge is 0.417 e. The van der Waals surface area contributed by atoms with Gasteiger partial charge in [-0.25, -0.2) is 0 Å². The van der Waals surface area contributed by atoms with Crippen LogP contribution in [0.1, 0.15) is 27.5 Å². The van der Waals surface area contributed by atoms with Crippen LogP contribution in [0, 0.1) is 11.3 Å². The number of hydrogen-bond acceptors (Lipinski definition) is 3. The van der Waals surface area contributed by atoms with Crippen LogP contribution in [-0.4, -0.2) is 20.0 Å². The summed E-state index contributed by atoms with van der Waals surface area (Å²) in [5.74, 6) is -0.814. The standard InChI is InChI=1S/C18H14F3N3O/c1-23(2)11-5-3-6-12(9-11)24-15(10-22)13-7-4-8-14(18(19,20)21)16(13)17(24)25/h3-9,15H,1-2H3. The number of amides is 1. The van der Waals surface area contributed by atoms with Crippen molar-refractivity contribution in [2.45, 2.75) is 12.2 Å². The molecule has 25 heavy (non-hydrogen) atoms. The smallest absolute Gasteiger partial charge is 0.378 e. The quantitative estimate of drug-likeness (QED) is 0.827. The molecule has 0 radical (unpaired) electrons. The summed E-state index contributed by atoms with van der Waals surface area (Å²) in [6.07, 6.45) is -4.66. The van der Waals surface area contributed by atoms with Gasteiger partial charge in [0.05, 0.1) is 17.2 Å². The second-order valence-electron chi connectivity index (χ2n) is 5.89. The van der Waals surface area contributed by atoms with Gasteiger partial charge in [0, 0.05) is 31.0 Å². The zero-order chi connectivity index (χ0) is 18.4. The van der Waals surface area contributed by atoms with Gasteiger partial charge in [-0.3, -0.25) is 9.69 Å². The average Bonchev–Trinajstić information content (AvgIpc) is 2.86. The predicted octanol–water partition coefficient (Wildman–Crippen LogP) is 4.00. The van der Waals surface area contributed by atoms with Gasteiger partial charge < -0.3 is 4.90 Å². The van der Waals surface area contributed by atoms with Crippen molar-refractivity contribution in [1.29, 1.82) is 5.26 Å². The van der Waals surface area contributed by atoms with Gasteiger partial charge in [0.25, 0.3) is 5.91 Å². The first-order chi connectivity index (χ1) is 11.8. The molecule has 0 saturated heterocycles. The van der Waals surface area contributed by atoms with Crippen LogP contribution in [0.15, 0.2) is 42.5 Å². The van der Waals surface area contributed by atoms with E-state index in [1.165, 1.54) is 12.1 Å².